The predicted molar refractivity (Wildman–Crippen MR) is 59.7 cm³/mol. The summed E-state index contributed by atoms with van der Waals surface area (Å²) in [6.07, 6.45) is 0.651. The number of ether oxygens (including phenoxy) is 1. The standard InChI is InChI=1S/C10H15ClN2O3/c1-7-5-9(13-16-7)10(14)12-8(3-4-11)6-15-2/h5,8H,3-4,6H2,1-2H3,(H,12,14). The number of hydrogen-bond donors (Lipinski definition) is 1. The van der Waals surface area contributed by atoms with Crippen molar-refractivity contribution in [2.45, 2.75) is 19.4 Å². The first-order valence-electron chi connectivity index (χ1n) is 4.96. The van der Waals surface area contributed by atoms with Crippen molar-refractivity contribution in [3.63, 3.8) is 0 Å². The summed E-state index contributed by atoms with van der Waals surface area (Å²) >= 11 is 5.62. The minimum Gasteiger partial charge on any atom is -0.383 e. The average Bonchev–Trinajstić information content (AvgIpc) is 2.65. The number of alkyl halides is 1. The van der Waals surface area contributed by atoms with Gasteiger partial charge in [-0.1, -0.05) is 5.16 Å². The lowest BCUT2D eigenvalue weighted by molar-refractivity contribution is 0.0886. The Balaban J connectivity index is 2.54. The first-order chi connectivity index (χ1) is 7.67. The molecule has 1 aromatic rings. The number of carbonyl (C=O) groups excluding carboxylic acids is 1. The lowest BCUT2D eigenvalue weighted by Gasteiger charge is -2.15. The summed E-state index contributed by atoms with van der Waals surface area (Å²) in [6, 6.07) is 1.48. The van der Waals surface area contributed by atoms with Gasteiger partial charge in [-0.3, -0.25) is 4.79 Å². The van der Waals surface area contributed by atoms with Crippen molar-refractivity contribution in [2.24, 2.45) is 0 Å². The Hall–Kier alpha value is -1.07. The molecule has 0 aromatic carbocycles. The summed E-state index contributed by atoms with van der Waals surface area (Å²) in [5, 5.41) is 6.41. The van der Waals surface area contributed by atoms with Gasteiger partial charge in [0.2, 0.25) is 0 Å². The number of carbonyl (C=O) groups is 1. The monoisotopic (exact) mass is 246 g/mol. The van der Waals surface area contributed by atoms with E-state index in [2.05, 4.69) is 10.5 Å². The molecule has 6 heteroatoms. The van der Waals surface area contributed by atoms with Gasteiger partial charge < -0.3 is 14.6 Å². The molecule has 0 spiro atoms. The van der Waals surface area contributed by atoms with Gasteiger partial charge in [-0.25, -0.2) is 0 Å². The van der Waals surface area contributed by atoms with Crippen LogP contribution in [0.4, 0.5) is 0 Å². The molecular weight excluding hydrogens is 232 g/mol. The second kappa shape index (κ2) is 6.50. The molecule has 90 valence electrons. The smallest absolute Gasteiger partial charge is 0.273 e. The molecule has 1 unspecified atom stereocenters. The maximum absolute atomic E-state index is 11.7. The van der Waals surface area contributed by atoms with Crippen LogP contribution in [-0.4, -0.2) is 36.7 Å². The Morgan fingerprint density at radius 1 is 1.75 bits per heavy atom. The third-order valence-corrected chi connectivity index (χ3v) is 2.24. The predicted octanol–water partition coefficient (Wildman–Crippen LogP) is 1.36. The van der Waals surface area contributed by atoms with Gasteiger partial charge in [0.25, 0.3) is 5.91 Å². The second-order valence-corrected chi connectivity index (χ2v) is 3.80. The Morgan fingerprint density at radius 2 is 2.50 bits per heavy atom. The van der Waals surface area contributed by atoms with Crippen LogP contribution in [0.1, 0.15) is 22.7 Å². The number of nitrogens with zero attached hydrogens (tertiary/aromatic N) is 1. The zero-order valence-corrected chi connectivity index (χ0v) is 10.1. The van der Waals surface area contributed by atoms with E-state index in [9.17, 15) is 4.79 Å². The van der Waals surface area contributed by atoms with Crippen molar-refractivity contribution in [2.75, 3.05) is 19.6 Å². The number of rotatable bonds is 6. The molecule has 0 fully saturated rings. The molecule has 16 heavy (non-hydrogen) atoms. The topological polar surface area (TPSA) is 64.4 Å². The summed E-state index contributed by atoms with van der Waals surface area (Å²) in [4.78, 5) is 11.7. The van der Waals surface area contributed by atoms with Gasteiger partial charge in [0.1, 0.15) is 5.76 Å². The average molecular weight is 247 g/mol. The van der Waals surface area contributed by atoms with Gasteiger partial charge >= 0.3 is 0 Å². The molecule has 1 aromatic heterocycles. The van der Waals surface area contributed by atoms with Crippen molar-refractivity contribution in [1.82, 2.24) is 10.5 Å². The lowest BCUT2D eigenvalue weighted by Crippen LogP contribution is -2.38. The van der Waals surface area contributed by atoms with Gasteiger partial charge in [0.15, 0.2) is 5.69 Å². The molecule has 0 aliphatic rings. The number of nitrogens with one attached hydrogen (secondary N) is 1. The van der Waals surface area contributed by atoms with E-state index in [4.69, 9.17) is 20.9 Å². The van der Waals surface area contributed by atoms with Crippen molar-refractivity contribution < 1.29 is 14.1 Å². The molecule has 0 aliphatic carbocycles. The molecule has 1 N–H and O–H groups in total. The maximum Gasteiger partial charge on any atom is 0.273 e. The van der Waals surface area contributed by atoms with Gasteiger partial charge in [-0.2, -0.15) is 0 Å². The van der Waals surface area contributed by atoms with Crippen molar-refractivity contribution in [3.05, 3.63) is 17.5 Å². The number of hydrogen-bond acceptors (Lipinski definition) is 4. The number of amides is 1. The minimum absolute atomic E-state index is 0.105. The molecule has 1 atom stereocenters. The highest BCUT2D eigenvalue weighted by molar-refractivity contribution is 6.17. The molecule has 1 amide bonds. The van der Waals surface area contributed by atoms with E-state index in [1.54, 1.807) is 20.1 Å². The van der Waals surface area contributed by atoms with E-state index in [-0.39, 0.29) is 17.6 Å². The normalized spacial score (nSPS) is 12.4. The third-order valence-electron chi connectivity index (χ3n) is 2.02. The molecule has 5 nitrogen and oxygen atoms in total. The zero-order valence-electron chi connectivity index (χ0n) is 9.33. The molecule has 0 radical (unpaired) electrons. The van der Waals surface area contributed by atoms with E-state index in [0.717, 1.165) is 0 Å². The molecule has 1 heterocycles. The highest BCUT2D eigenvalue weighted by Gasteiger charge is 2.16. The van der Waals surface area contributed by atoms with Crippen LogP contribution in [0.25, 0.3) is 0 Å². The second-order valence-electron chi connectivity index (χ2n) is 3.43. The third kappa shape index (κ3) is 3.83. The van der Waals surface area contributed by atoms with Crippen LogP contribution >= 0.6 is 11.6 Å². The van der Waals surface area contributed by atoms with Gasteiger partial charge in [-0.05, 0) is 13.3 Å². The largest absolute Gasteiger partial charge is 0.383 e. The lowest BCUT2D eigenvalue weighted by atomic mass is 10.2. The van der Waals surface area contributed by atoms with Crippen LogP contribution in [0.5, 0.6) is 0 Å². The van der Waals surface area contributed by atoms with Crippen molar-refractivity contribution in [3.8, 4) is 0 Å². The number of aryl methyl sites for hydroxylation is 1. The summed E-state index contributed by atoms with van der Waals surface area (Å²) in [6.45, 7) is 2.16. The van der Waals surface area contributed by atoms with Crippen LogP contribution in [-0.2, 0) is 4.74 Å². The van der Waals surface area contributed by atoms with E-state index >= 15 is 0 Å². The molecule has 0 aliphatic heterocycles. The van der Waals surface area contributed by atoms with E-state index < -0.39 is 0 Å². The van der Waals surface area contributed by atoms with Crippen LogP contribution in [0, 0.1) is 6.92 Å². The van der Waals surface area contributed by atoms with Crippen LogP contribution in [0.3, 0.4) is 0 Å². The molecule has 0 bridgehead atoms. The molecule has 1 rings (SSSR count). The van der Waals surface area contributed by atoms with Crippen molar-refractivity contribution in [1.29, 1.82) is 0 Å². The van der Waals surface area contributed by atoms with Crippen LogP contribution < -0.4 is 5.32 Å². The highest BCUT2D eigenvalue weighted by atomic mass is 35.5. The first kappa shape index (κ1) is 13.0. The van der Waals surface area contributed by atoms with E-state index in [1.165, 1.54) is 0 Å². The SMILES string of the molecule is COCC(CCCl)NC(=O)c1cc(C)on1. The van der Waals surface area contributed by atoms with Crippen LogP contribution in [0.2, 0.25) is 0 Å². The Morgan fingerprint density at radius 3 is 3.00 bits per heavy atom. The fraction of sp³-hybridized carbons (Fsp3) is 0.600. The number of methoxy groups -OCH3 is 1. The fourth-order valence-electron chi connectivity index (χ4n) is 1.26. The van der Waals surface area contributed by atoms with E-state index in [1.807, 2.05) is 0 Å². The summed E-state index contributed by atoms with van der Waals surface area (Å²) in [5.74, 6) is 0.793. The maximum atomic E-state index is 11.7. The fourth-order valence-corrected chi connectivity index (χ4v) is 1.53. The quantitative estimate of drug-likeness (QED) is 0.770. The number of aromatic nitrogens is 1. The summed E-state index contributed by atoms with van der Waals surface area (Å²) in [5.41, 5.74) is 0.271. The summed E-state index contributed by atoms with van der Waals surface area (Å²) < 4.78 is 9.80. The van der Waals surface area contributed by atoms with Gasteiger partial charge in [0, 0.05) is 19.1 Å². The van der Waals surface area contributed by atoms with Gasteiger partial charge in [0.05, 0.1) is 12.6 Å². The van der Waals surface area contributed by atoms with E-state index in [0.29, 0.717) is 24.7 Å². The zero-order chi connectivity index (χ0) is 12.0. The highest BCUT2D eigenvalue weighted by Crippen LogP contribution is 2.03. The van der Waals surface area contributed by atoms with Gasteiger partial charge in [-0.15, -0.1) is 11.6 Å². The molecule has 0 saturated carbocycles. The minimum atomic E-state index is -0.274. The molecular formula is C10H15ClN2O3. The molecule has 0 saturated heterocycles. The van der Waals surface area contributed by atoms with Crippen LogP contribution in [0.15, 0.2) is 10.6 Å². The number of halogens is 1. The Kier molecular flexibility index (Phi) is 5.28. The van der Waals surface area contributed by atoms with Crippen molar-refractivity contribution >= 4 is 17.5 Å². The first-order valence-corrected chi connectivity index (χ1v) is 5.50. The summed E-state index contributed by atoms with van der Waals surface area (Å²) in [7, 11) is 1.58. The Labute approximate surface area is 99.1 Å². The Bertz CT molecular complexity index is 335.